The molecule has 0 unspecified atom stereocenters. The summed E-state index contributed by atoms with van der Waals surface area (Å²) in [5, 5.41) is 3.16. The summed E-state index contributed by atoms with van der Waals surface area (Å²) in [7, 11) is 1.69. The van der Waals surface area contributed by atoms with Crippen LogP contribution in [0.5, 0.6) is 5.75 Å². The van der Waals surface area contributed by atoms with Gasteiger partial charge < -0.3 is 14.6 Å². The molecule has 0 spiro atoms. The maximum atomic E-state index is 12.8. The molecule has 1 aliphatic heterocycles. The van der Waals surface area contributed by atoms with Crippen LogP contribution in [0.25, 0.3) is 11.0 Å². The standard InChI is InChI=1S/C31H36N4O2/c1-23-6-5-7-24(20-23)14-17-32-31(36)26-15-18-34(19-16-26)22-30-33-28-8-3-4-9-29(28)35(30)21-25-10-12-27(37-2)13-11-25/h3-13,20,26H,14-19,21-22H2,1-2H3,(H,32,36). The summed E-state index contributed by atoms with van der Waals surface area (Å²) in [4.78, 5) is 20.2. The average molecular weight is 497 g/mol. The number of benzene rings is 3. The summed E-state index contributed by atoms with van der Waals surface area (Å²) in [6.45, 7) is 6.15. The number of methoxy groups -OCH3 is 1. The third kappa shape index (κ3) is 6.20. The zero-order valence-electron chi connectivity index (χ0n) is 21.8. The first-order valence-corrected chi connectivity index (χ1v) is 13.2. The maximum absolute atomic E-state index is 12.8. The number of hydrogen-bond donors (Lipinski definition) is 1. The molecule has 4 aromatic rings. The van der Waals surface area contributed by atoms with E-state index in [1.54, 1.807) is 7.11 Å². The van der Waals surface area contributed by atoms with Gasteiger partial charge in [0.1, 0.15) is 11.6 Å². The Hall–Kier alpha value is -3.64. The highest BCUT2D eigenvalue weighted by Gasteiger charge is 2.26. The Bertz CT molecular complexity index is 1340. The number of likely N-dealkylation sites (tertiary alicyclic amines) is 1. The fourth-order valence-electron chi connectivity index (χ4n) is 5.23. The van der Waals surface area contributed by atoms with E-state index in [2.05, 4.69) is 76.3 Å². The molecule has 37 heavy (non-hydrogen) atoms. The highest BCUT2D eigenvalue weighted by atomic mass is 16.5. The molecule has 0 radical (unpaired) electrons. The third-order valence-corrected chi connectivity index (χ3v) is 7.35. The largest absolute Gasteiger partial charge is 0.497 e. The molecule has 0 atom stereocenters. The Morgan fingerprint density at radius 2 is 1.76 bits per heavy atom. The fraction of sp³-hybridized carbons (Fsp3) is 0.355. The lowest BCUT2D eigenvalue weighted by Crippen LogP contribution is -2.41. The smallest absolute Gasteiger partial charge is 0.223 e. The van der Waals surface area contributed by atoms with E-state index >= 15 is 0 Å². The lowest BCUT2D eigenvalue weighted by molar-refractivity contribution is -0.126. The summed E-state index contributed by atoms with van der Waals surface area (Å²) in [5.41, 5.74) is 5.91. The van der Waals surface area contributed by atoms with Gasteiger partial charge in [-0.15, -0.1) is 0 Å². The van der Waals surface area contributed by atoms with Crippen LogP contribution in [0.1, 0.15) is 35.4 Å². The monoisotopic (exact) mass is 496 g/mol. The van der Waals surface area contributed by atoms with Crippen LogP contribution in [0.2, 0.25) is 0 Å². The quantitative estimate of drug-likeness (QED) is 0.355. The van der Waals surface area contributed by atoms with E-state index in [1.165, 1.54) is 16.7 Å². The molecule has 2 heterocycles. The molecule has 6 nitrogen and oxygen atoms in total. The zero-order valence-corrected chi connectivity index (χ0v) is 21.8. The van der Waals surface area contributed by atoms with Crippen molar-refractivity contribution in [2.45, 2.75) is 39.3 Å². The number of amides is 1. The minimum atomic E-state index is 0.0897. The van der Waals surface area contributed by atoms with Gasteiger partial charge >= 0.3 is 0 Å². The highest BCUT2D eigenvalue weighted by molar-refractivity contribution is 5.78. The molecule has 5 rings (SSSR count). The Morgan fingerprint density at radius 1 is 0.973 bits per heavy atom. The van der Waals surface area contributed by atoms with Gasteiger partial charge in [-0.3, -0.25) is 9.69 Å². The molecule has 1 aromatic heterocycles. The predicted molar refractivity (Wildman–Crippen MR) is 148 cm³/mol. The van der Waals surface area contributed by atoms with Gasteiger partial charge in [-0.2, -0.15) is 0 Å². The molecule has 1 N–H and O–H groups in total. The molecule has 1 aliphatic rings. The molecule has 192 valence electrons. The molecular weight excluding hydrogens is 460 g/mol. The molecular formula is C31H36N4O2. The fourth-order valence-corrected chi connectivity index (χ4v) is 5.23. The van der Waals surface area contributed by atoms with Gasteiger partial charge in [-0.25, -0.2) is 4.98 Å². The van der Waals surface area contributed by atoms with E-state index in [4.69, 9.17) is 9.72 Å². The van der Waals surface area contributed by atoms with Crippen LogP contribution >= 0.6 is 0 Å². The summed E-state index contributed by atoms with van der Waals surface area (Å²) < 4.78 is 7.64. The van der Waals surface area contributed by atoms with Crippen LogP contribution in [-0.2, 0) is 24.3 Å². The summed E-state index contributed by atoms with van der Waals surface area (Å²) in [6, 6.07) is 25.1. The molecule has 6 heteroatoms. The average Bonchev–Trinajstić information content (AvgIpc) is 3.26. The van der Waals surface area contributed by atoms with Gasteiger partial charge in [-0.1, -0.05) is 54.1 Å². The van der Waals surface area contributed by atoms with Crippen molar-refractivity contribution in [2.75, 3.05) is 26.7 Å². The van der Waals surface area contributed by atoms with Crippen LogP contribution < -0.4 is 10.1 Å². The number of aromatic nitrogens is 2. The van der Waals surface area contributed by atoms with E-state index in [1.807, 2.05) is 18.2 Å². The van der Waals surface area contributed by atoms with Crippen molar-refractivity contribution in [3.05, 3.63) is 95.3 Å². The molecule has 3 aromatic carbocycles. The lowest BCUT2D eigenvalue weighted by Gasteiger charge is -2.31. The first kappa shape index (κ1) is 25.0. The zero-order chi connectivity index (χ0) is 25.6. The normalized spacial score (nSPS) is 14.6. The van der Waals surface area contributed by atoms with Crippen LogP contribution in [0.15, 0.2) is 72.8 Å². The van der Waals surface area contributed by atoms with Gasteiger partial charge in [0, 0.05) is 19.0 Å². The van der Waals surface area contributed by atoms with E-state index in [9.17, 15) is 4.79 Å². The number of imidazole rings is 1. The van der Waals surface area contributed by atoms with Crippen molar-refractivity contribution in [2.24, 2.45) is 5.92 Å². The van der Waals surface area contributed by atoms with Crippen LogP contribution in [0.4, 0.5) is 0 Å². The van der Waals surface area contributed by atoms with Crippen LogP contribution in [0, 0.1) is 12.8 Å². The number of ether oxygens (including phenoxy) is 1. The molecule has 1 fully saturated rings. The summed E-state index contributed by atoms with van der Waals surface area (Å²) in [6.07, 6.45) is 2.64. The van der Waals surface area contributed by atoms with E-state index in [0.29, 0.717) is 6.54 Å². The highest BCUT2D eigenvalue weighted by Crippen LogP contribution is 2.23. The van der Waals surface area contributed by atoms with Crippen LogP contribution in [0.3, 0.4) is 0 Å². The summed E-state index contributed by atoms with van der Waals surface area (Å²) >= 11 is 0. The van der Waals surface area contributed by atoms with Crippen molar-refractivity contribution in [1.29, 1.82) is 0 Å². The number of rotatable bonds is 9. The van der Waals surface area contributed by atoms with Gasteiger partial charge in [0.15, 0.2) is 0 Å². The Morgan fingerprint density at radius 3 is 2.51 bits per heavy atom. The van der Waals surface area contributed by atoms with E-state index < -0.39 is 0 Å². The molecule has 0 bridgehead atoms. The van der Waals surface area contributed by atoms with Gasteiger partial charge in [0.2, 0.25) is 5.91 Å². The first-order valence-electron chi connectivity index (χ1n) is 13.2. The first-order chi connectivity index (χ1) is 18.1. The van der Waals surface area contributed by atoms with Crippen LogP contribution in [-0.4, -0.2) is 47.1 Å². The number of carbonyl (C=O) groups excluding carboxylic acids is 1. The maximum Gasteiger partial charge on any atom is 0.223 e. The number of aryl methyl sites for hydroxylation is 1. The Kier molecular flexibility index (Phi) is 7.85. The number of nitrogens with one attached hydrogen (secondary N) is 1. The minimum absolute atomic E-state index is 0.0897. The molecule has 1 amide bonds. The Labute approximate surface area is 219 Å². The van der Waals surface area contributed by atoms with Crippen molar-refractivity contribution in [3.8, 4) is 5.75 Å². The minimum Gasteiger partial charge on any atom is -0.497 e. The second-order valence-corrected chi connectivity index (χ2v) is 10.0. The third-order valence-electron chi connectivity index (χ3n) is 7.35. The number of hydrogen-bond acceptors (Lipinski definition) is 4. The second kappa shape index (κ2) is 11.6. The number of nitrogens with zero attached hydrogens (tertiary/aromatic N) is 3. The second-order valence-electron chi connectivity index (χ2n) is 10.0. The van der Waals surface area contributed by atoms with Crippen molar-refractivity contribution in [1.82, 2.24) is 19.8 Å². The number of para-hydroxylation sites is 2. The van der Waals surface area contributed by atoms with Crippen molar-refractivity contribution in [3.63, 3.8) is 0 Å². The van der Waals surface area contributed by atoms with Gasteiger partial charge in [-0.05, 0) is 74.7 Å². The molecule has 0 saturated carbocycles. The lowest BCUT2D eigenvalue weighted by atomic mass is 9.96. The van der Waals surface area contributed by atoms with E-state index in [-0.39, 0.29) is 11.8 Å². The SMILES string of the molecule is COc1ccc(Cn2c(CN3CCC(C(=O)NCCc4cccc(C)c4)CC3)nc3ccccc32)cc1. The van der Waals surface area contributed by atoms with E-state index in [0.717, 1.165) is 68.0 Å². The van der Waals surface area contributed by atoms with Crippen molar-refractivity contribution < 1.29 is 9.53 Å². The molecule has 0 aliphatic carbocycles. The topological polar surface area (TPSA) is 59.4 Å². The Balaban J connectivity index is 1.18. The predicted octanol–water partition coefficient (Wildman–Crippen LogP) is 4.97. The summed E-state index contributed by atoms with van der Waals surface area (Å²) in [5.74, 6) is 2.21. The van der Waals surface area contributed by atoms with Gasteiger partial charge in [0.25, 0.3) is 0 Å². The van der Waals surface area contributed by atoms with Crippen molar-refractivity contribution >= 4 is 16.9 Å². The number of piperidine rings is 1. The number of carbonyl (C=O) groups is 1. The molecule has 1 saturated heterocycles. The number of fused-ring (bicyclic) bond motifs is 1. The van der Waals surface area contributed by atoms with Gasteiger partial charge in [0.05, 0.1) is 24.7 Å².